The molecule has 1 atom stereocenters. The van der Waals surface area contributed by atoms with Gasteiger partial charge in [0.25, 0.3) is 0 Å². The van der Waals surface area contributed by atoms with Crippen LogP contribution in [0.1, 0.15) is 48.0 Å². The molecule has 0 bridgehead atoms. The Balaban J connectivity index is 2.31. The van der Waals surface area contributed by atoms with Crippen molar-refractivity contribution < 1.29 is 20.1 Å². The van der Waals surface area contributed by atoms with Crippen LogP contribution in [-0.4, -0.2) is 45.1 Å². The first-order chi connectivity index (χ1) is 11.9. The fraction of sp³-hybridized carbons (Fsp3) is 0.500. The van der Waals surface area contributed by atoms with Gasteiger partial charge in [-0.2, -0.15) is 0 Å². The molecule has 0 spiro atoms. The Morgan fingerprint density at radius 2 is 1.88 bits per heavy atom. The third-order valence-electron chi connectivity index (χ3n) is 4.70. The van der Waals surface area contributed by atoms with Gasteiger partial charge in [0, 0.05) is 6.42 Å². The molecule has 25 heavy (non-hydrogen) atoms. The lowest BCUT2D eigenvalue weighted by Gasteiger charge is -2.35. The second-order valence-corrected chi connectivity index (χ2v) is 6.55. The van der Waals surface area contributed by atoms with E-state index in [0.717, 1.165) is 24.8 Å². The van der Waals surface area contributed by atoms with Crippen LogP contribution in [0.25, 0.3) is 0 Å². The molecule has 1 unspecified atom stereocenters. The maximum atomic E-state index is 11.2. The average molecular weight is 349 g/mol. The zero-order chi connectivity index (χ0) is 18.4. The molecule has 1 aliphatic carbocycles. The quantitative estimate of drug-likeness (QED) is 0.381. The van der Waals surface area contributed by atoms with E-state index in [1.54, 1.807) is 12.1 Å². The standard InChI is InChI=1S/C18H27N3O4/c19-16-15(21(20)10-11-22)4-2-1-3-9-18(16,25)12-13-5-7-14(8-6-13)17(23)24/h5-8,22,25H,1-4,9-12,19-20H2,(H,23,24)/b16-15-. The average Bonchev–Trinajstić information content (AvgIpc) is 2.57. The van der Waals surface area contributed by atoms with Crippen LogP contribution in [0.15, 0.2) is 35.7 Å². The summed E-state index contributed by atoms with van der Waals surface area (Å²) >= 11 is 0. The number of carboxylic acid groups (broad SMARTS) is 1. The number of benzene rings is 1. The van der Waals surface area contributed by atoms with E-state index in [1.165, 1.54) is 17.1 Å². The summed E-state index contributed by atoms with van der Waals surface area (Å²) in [4.78, 5) is 11.0. The molecule has 0 saturated heterocycles. The van der Waals surface area contributed by atoms with E-state index < -0.39 is 11.6 Å². The Bertz CT molecular complexity index is 630. The second-order valence-electron chi connectivity index (χ2n) is 6.55. The van der Waals surface area contributed by atoms with Gasteiger partial charge in [-0.1, -0.05) is 25.0 Å². The number of rotatable bonds is 6. The third kappa shape index (κ3) is 4.72. The maximum Gasteiger partial charge on any atom is 0.335 e. The number of carbonyl (C=O) groups is 1. The first-order valence-electron chi connectivity index (χ1n) is 8.54. The molecule has 7 nitrogen and oxygen atoms in total. The minimum absolute atomic E-state index is 0.0949. The highest BCUT2D eigenvalue weighted by molar-refractivity contribution is 5.87. The molecular weight excluding hydrogens is 322 g/mol. The van der Waals surface area contributed by atoms with Crippen molar-refractivity contribution in [1.82, 2.24) is 5.01 Å². The highest BCUT2D eigenvalue weighted by atomic mass is 16.4. The van der Waals surface area contributed by atoms with Crippen molar-refractivity contribution in [1.29, 1.82) is 0 Å². The third-order valence-corrected chi connectivity index (χ3v) is 4.70. The summed E-state index contributed by atoms with van der Waals surface area (Å²) in [5, 5.41) is 30.7. The fourth-order valence-corrected chi connectivity index (χ4v) is 3.25. The van der Waals surface area contributed by atoms with Crippen LogP contribution in [0.5, 0.6) is 0 Å². The number of aliphatic hydroxyl groups excluding tert-OH is 1. The normalized spacial score (nSPS) is 24.4. The first-order valence-corrected chi connectivity index (χ1v) is 8.54. The van der Waals surface area contributed by atoms with Crippen molar-refractivity contribution in [2.24, 2.45) is 11.6 Å². The lowest BCUT2D eigenvalue weighted by molar-refractivity contribution is 0.0575. The number of hydrazine groups is 1. The van der Waals surface area contributed by atoms with Gasteiger partial charge in [0.2, 0.25) is 0 Å². The van der Waals surface area contributed by atoms with Crippen molar-refractivity contribution in [2.75, 3.05) is 13.2 Å². The van der Waals surface area contributed by atoms with Gasteiger partial charge in [-0.25, -0.2) is 10.6 Å². The van der Waals surface area contributed by atoms with Crippen LogP contribution < -0.4 is 11.6 Å². The second kappa shape index (κ2) is 8.33. The Kier molecular flexibility index (Phi) is 6.41. The Hall–Kier alpha value is -2.09. The lowest BCUT2D eigenvalue weighted by atomic mass is 9.83. The van der Waals surface area contributed by atoms with E-state index in [9.17, 15) is 9.90 Å². The predicted octanol–water partition coefficient (Wildman–Crippen LogP) is 0.961. The molecule has 1 aliphatic rings. The molecule has 7 heteroatoms. The van der Waals surface area contributed by atoms with Crippen molar-refractivity contribution in [3.05, 3.63) is 46.8 Å². The zero-order valence-electron chi connectivity index (χ0n) is 14.3. The highest BCUT2D eigenvalue weighted by Gasteiger charge is 2.34. The Morgan fingerprint density at radius 1 is 1.20 bits per heavy atom. The van der Waals surface area contributed by atoms with Gasteiger partial charge < -0.3 is 26.1 Å². The van der Waals surface area contributed by atoms with Crippen molar-refractivity contribution in [2.45, 2.75) is 44.1 Å². The molecule has 0 aromatic heterocycles. The number of hydrogen-bond acceptors (Lipinski definition) is 6. The Morgan fingerprint density at radius 3 is 2.48 bits per heavy atom. The predicted molar refractivity (Wildman–Crippen MR) is 94.3 cm³/mol. The summed E-state index contributed by atoms with van der Waals surface area (Å²) in [6, 6.07) is 6.43. The summed E-state index contributed by atoms with van der Waals surface area (Å²) in [5.41, 5.74) is 7.09. The first kappa shape index (κ1) is 19.2. The molecule has 7 N–H and O–H groups in total. The number of aliphatic hydroxyl groups is 2. The van der Waals surface area contributed by atoms with Gasteiger partial charge >= 0.3 is 5.97 Å². The maximum absolute atomic E-state index is 11.2. The van der Waals surface area contributed by atoms with Gasteiger partial charge in [-0.15, -0.1) is 0 Å². The Labute approximate surface area is 147 Å². The molecular formula is C18H27N3O4. The number of aromatic carboxylic acids is 1. The monoisotopic (exact) mass is 349 g/mol. The number of nitrogens with two attached hydrogens (primary N) is 2. The van der Waals surface area contributed by atoms with Crippen molar-refractivity contribution in [3.63, 3.8) is 0 Å². The summed E-state index contributed by atoms with van der Waals surface area (Å²) in [6.07, 6.45) is 4.19. The van der Waals surface area contributed by atoms with Crippen LogP contribution in [0, 0.1) is 0 Å². The van der Waals surface area contributed by atoms with Crippen LogP contribution in [0.4, 0.5) is 0 Å². The molecule has 0 aliphatic heterocycles. The molecule has 0 radical (unpaired) electrons. The fourth-order valence-electron chi connectivity index (χ4n) is 3.25. The van der Waals surface area contributed by atoms with Crippen LogP contribution in [0.2, 0.25) is 0 Å². The molecule has 2 rings (SSSR count). The van der Waals surface area contributed by atoms with E-state index >= 15 is 0 Å². The summed E-state index contributed by atoms with van der Waals surface area (Å²) in [5.74, 6) is 5.01. The minimum Gasteiger partial charge on any atom is -0.478 e. The van der Waals surface area contributed by atoms with Crippen molar-refractivity contribution in [3.8, 4) is 0 Å². The summed E-state index contributed by atoms with van der Waals surface area (Å²) in [7, 11) is 0. The number of hydrogen-bond donors (Lipinski definition) is 5. The number of allylic oxidation sites excluding steroid dienone is 1. The van der Waals surface area contributed by atoms with E-state index in [1.807, 2.05) is 0 Å². The molecule has 138 valence electrons. The van der Waals surface area contributed by atoms with E-state index in [-0.39, 0.29) is 25.1 Å². The molecule has 0 amide bonds. The van der Waals surface area contributed by atoms with E-state index in [4.69, 9.17) is 21.8 Å². The topological polar surface area (TPSA) is 133 Å². The highest BCUT2D eigenvalue weighted by Crippen LogP contribution is 2.32. The number of carboxylic acids is 1. The van der Waals surface area contributed by atoms with Crippen LogP contribution in [-0.2, 0) is 6.42 Å². The van der Waals surface area contributed by atoms with Gasteiger partial charge in [0.15, 0.2) is 0 Å². The molecule has 0 heterocycles. The van der Waals surface area contributed by atoms with Gasteiger partial charge in [0.05, 0.1) is 30.1 Å². The smallest absolute Gasteiger partial charge is 0.335 e. The summed E-state index contributed by atoms with van der Waals surface area (Å²) in [6.45, 7) is 0.155. The minimum atomic E-state index is -1.24. The van der Waals surface area contributed by atoms with Gasteiger partial charge in [0.1, 0.15) is 5.60 Å². The van der Waals surface area contributed by atoms with E-state index in [0.29, 0.717) is 24.2 Å². The number of nitrogens with zero attached hydrogens (tertiary/aromatic N) is 1. The largest absolute Gasteiger partial charge is 0.478 e. The van der Waals surface area contributed by atoms with Gasteiger partial charge in [-0.05, 0) is 37.0 Å². The van der Waals surface area contributed by atoms with Crippen LogP contribution >= 0.6 is 0 Å². The lowest BCUT2D eigenvalue weighted by Crippen LogP contribution is -2.44. The zero-order valence-corrected chi connectivity index (χ0v) is 14.3. The molecule has 0 fully saturated rings. The molecule has 1 aromatic carbocycles. The summed E-state index contributed by atoms with van der Waals surface area (Å²) < 4.78 is 0. The van der Waals surface area contributed by atoms with Crippen molar-refractivity contribution >= 4 is 5.97 Å². The SMILES string of the molecule is N/C1=C(\N(N)CCO)CCCCCC1(O)Cc1ccc(C(=O)O)cc1. The molecule has 1 aromatic rings. The van der Waals surface area contributed by atoms with E-state index in [2.05, 4.69) is 0 Å². The van der Waals surface area contributed by atoms with Crippen LogP contribution in [0.3, 0.4) is 0 Å². The molecule has 0 saturated carbocycles. The van der Waals surface area contributed by atoms with Gasteiger partial charge in [-0.3, -0.25) is 0 Å².